The van der Waals surface area contributed by atoms with Gasteiger partial charge >= 0.3 is 5.97 Å². The maximum atomic E-state index is 14.0. The van der Waals surface area contributed by atoms with Crippen LogP contribution in [0.3, 0.4) is 0 Å². The molecule has 0 spiro atoms. The monoisotopic (exact) mass is 501 g/mol. The van der Waals surface area contributed by atoms with Crippen molar-refractivity contribution in [2.24, 2.45) is 5.92 Å². The summed E-state index contributed by atoms with van der Waals surface area (Å²) in [6, 6.07) is 20.1. The largest absolute Gasteiger partial charge is 0.454 e. The topological polar surface area (TPSA) is 68.5 Å². The second-order valence-electron chi connectivity index (χ2n) is 11.3. The number of carbonyl (C=O) groups excluding carboxylic acids is 1. The fourth-order valence-electron chi connectivity index (χ4n) is 6.67. The smallest absolute Gasteiger partial charge is 0.331 e. The predicted octanol–water partition coefficient (Wildman–Crippen LogP) is 4.79. The van der Waals surface area contributed by atoms with Gasteiger partial charge in [-0.25, -0.2) is 4.79 Å². The molecule has 0 unspecified atom stereocenters. The van der Waals surface area contributed by atoms with Crippen molar-refractivity contribution in [2.75, 3.05) is 32.7 Å². The molecule has 37 heavy (non-hydrogen) atoms. The first kappa shape index (κ1) is 24.3. The number of esters is 1. The minimum Gasteiger partial charge on any atom is -0.454 e. The summed E-state index contributed by atoms with van der Waals surface area (Å²) in [5, 5.41) is 4.23. The van der Waals surface area contributed by atoms with Crippen molar-refractivity contribution in [3.05, 3.63) is 72.1 Å². The zero-order valence-electron chi connectivity index (χ0n) is 21.7. The van der Waals surface area contributed by atoms with Crippen LogP contribution in [0, 0.1) is 5.92 Å². The van der Waals surface area contributed by atoms with E-state index in [4.69, 9.17) is 14.2 Å². The van der Waals surface area contributed by atoms with Gasteiger partial charge in [-0.15, -0.1) is 0 Å². The van der Waals surface area contributed by atoms with E-state index in [1.807, 2.05) is 48.5 Å². The van der Waals surface area contributed by atoms with Gasteiger partial charge in [0.15, 0.2) is 12.6 Å². The third kappa shape index (κ3) is 4.71. The molecular formula is C30H37N4O3+. The van der Waals surface area contributed by atoms with Crippen molar-refractivity contribution in [2.45, 2.75) is 57.2 Å². The number of hydrogen-bond donors (Lipinski definition) is 0. The summed E-state index contributed by atoms with van der Waals surface area (Å²) in [6.45, 7) is 7.52. The molecule has 194 valence electrons. The van der Waals surface area contributed by atoms with E-state index in [9.17, 15) is 4.79 Å². The molecule has 5 heterocycles. The molecule has 4 aliphatic heterocycles. The lowest BCUT2D eigenvalue weighted by Gasteiger charge is -2.52. The van der Waals surface area contributed by atoms with Gasteiger partial charge in [0.25, 0.3) is 5.89 Å². The first-order valence-electron chi connectivity index (χ1n) is 13.8. The molecule has 0 saturated carbocycles. The standard InChI is InChI=1S/C30H37N4O3/c1-30(25-13-7-3-8-14-25,33-17-9-4-10-18-33)29(35)36-26-21-34(19-15-23(26)16-20-34)22-27-31-28(32-37-27)24-11-5-2-6-12-24/h2-3,5-8,11-14,23,26H,4,9-10,15-22H2,1H3/q+1/t23?,26-,30-,34?/m0/s1. The Hall–Kier alpha value is -3.03. The molecule has 0 N–H and O–H groups in total. The molecular weight excluding hydrogens is 464 g/mol. The molecule has 3 aromatic rings. The lowest BCUT2D eigenvalue weighted by Crippen LogP contribution is -2.64. The van der Waals surface area contributed by atoms with Crippen molar-refractivity contribution in [3.63, 3.8) is 0 Å². The minimum atomic E-state index is -0.768. The Bertz CT molecular complexity index is 1200. The summed E-state index contributed by atoms with van der Waals surface area (Å²) in [5.41, 5.74) is 1.21. The van der Waals surface area contributed by atoms with E-state index >= 15 is 0 Å². The summed E-state index contributed by atoms with van der Waals surface area (Å²) >= 11 is 0. The van der Waals surface area contributed by atoms with Crippen molar-refractivity contribution in [1.29, 1.82) is 0 Å². The van der Waals surface area contributed by atoms with E-state index < -0.39 is 5.54 Å². The average Bonchev–Trinajstić information content (AvgIpc) is 3.42. The molecule has 7 rings (SSSR count). The maximum Gasteiger partial charge on any atom is 0.331 e. The fourth-order valence-corrected chi connectivity index (χ4v) is 6.67. The number of piperidine rings is 4. The third-order valence-electron chi connectivity index (χ3n) is 8.99. The number of quaternary nitrogens is 1. The first-order chi connectivity index (χ1) is 18.1. The molecule has 4 aliphatic rings. The van der Waals surface area contributed by atoms with Gasteiger partial charge in [0.05, 0.1) is 13.1 Å². The summed E-state index contributed by atoms with van der Waals surface area (Å²) in [7, 11) is 0. The Kier molecular flexibility index (Phi) is 6.59. The van der Waals surface area contributed by atoms with Gasteiger partial charge < -0.3 is 13.7 Å². The van der Waals surface area contributed by atoms with Gasteiger partial charge in [0, 0.05) is 24.3 Å². The fraction of sp³-hybridized carbons (Fsp3) is 0.500. The van der Waals surface area contributed by atoms with Crippen LogP contribution in [0.2, 0.25) is 0 Å². The number of ether oxygens (including phenoxy) is 1. The highest BCUT2D eigenvalue weighted by Crippen LogP contribution is 2.39. The Morgan fingerprint density at radius 3 is 2.41 bits per heavy atom. The van der Waals surface area contributed by atoms with Gasteiger partial charge in [-0.05, 0) is 38.4 Å². The Labute approximate surface area is 219 Å². The molecule has 1 aromatic heterocycles. The molecule has 0 radical (unpaired) electrons. The molecule has 0 aliphatic carbocycles. The van der Waals surface area contributed by atoms with Gasteiger partial charge in [-0.2, -0.15) is 4.98 Å². The Morgan fingerprint density at radius 1 is 1.03 bits per heavy atom. The van der Waals surface area contributed by atoms with Gasteiger partial charge in [0.2, 0.25) is 5.82 Å². The van der Waals surface area contributed by atoms with E-state index in [-0.39, 0.29) is 12.1 Å². The number of likely N-dealkylation sites (tertiary alicyclic amines) is 1. The normalized spacial score (nSPS) is 27.5. The van der Waals surface area contributed by atoms with Crippen molar-refractivity contribution < 1.29 is 18.5 Å². The van der Waals surface area contributed by atoms with Crippen LogP contribution in [0.5, 0.6) is 0 Å². The van der Waals surface area contributed by atoms with Crippen LogP contribution in [0.4, 0.5) is 0 Å². The van der Waals surface area contributed by atoms with E-state index in [1.165, 1.54) is 6.42 Å². The van der Waals surface area contributed by atoms with E-state index in [2.05, 4.69) is 29.1 Å². The average molecular weight is 502 g/mol. The lowest BCUT2D eigenvalue weighted by molar-refractivity contribution is -0.959. The van der Waals surface area contributed by atoms with E-state index in [0.717, 1.165) is 74.0 Å². The van der Waals surface area contributed by atoms with Crippen LogP contribution < -0.4 is 0 Å². The van der Waals surface area contributed by atoms with Crippen LogP contribution in [-0.4, -0.2) is 64.3 Å². The van der Waals surface area contributed by atoms with E-state index in [0.29, 0.717) is 24.2 Å². The molecule has 7 nitrogen and oxygen atoms in total. The number of benzene rings is 2. The number of nitrogens with zero attached hydrogens (tertiary/aromatic N) is 4. The molecule has 2 aromatic carbocycles. The van der Waals surface area contributed by atoms with E-state index in [1.54, 1.807) is 0 Å². The second kappa shape index (κ2) is 10.0. The van der Waals surface area contributed by atoms with Crippen LogP contribution in [0.1, 0.15) is 50.5 Å². The summed E-state index contributed by atoms with van der Waals surface area (Å²) in [6.07, 6.45) is 5.50. The maximum absolute atomic E-state index is 14.0. The van der Waals surface area contributed by atoms with Gasteiger partial charge in [-0.1, -0.05) is 72.2 Å². The summed E-state index contributed by atoms with van der Waals surface area (Å²) < 4.78 is 13.0. The zero-order valence-corrected chi connectivity index (χ0v) is 21.7. The van der Waals surface area contributed by atoms with Crippen molar-refractivity contribution >= 4 is 5.97 Å². The molecule has 2 atom stereocenters. The second-order valence-corrected chi connectivity index (χ2v) is 11.3. The highest BCUT2D eigenvalue weighted by molar-refractivity contribution is 5.82. The molecule has 4 saturated heterocycles. The Morgan fingerprint density at radius 2 is 1.70 bits per heavy atom. The van der Waals surface area contributed by atoms with Crippen LogP contribution in [0.25, 0.3) is 11.4 Å². The highest BCUT2D eigenvalue weighted by atomic mass is 16.5. The van der Waals surface area contributed by atoms with Crippen LogP contribution in [-0.2, 0) is 21.6 Å². The molecule has 2 bridgehead atoms. The van der Waals surface area contributed by atoms with Crippen molar-refractivity contribution in [3.8, 4) is 11.4 Å². The number of carbonyl (C=O) groups is 1. The zero-order chi connectivity index (χ0) is 25.3. The number of fused-ring (bicyclic) bond motifs is 3. The third-order valence-corrected chi connectivity index (χ3v) is 8.99. The molecule has 7 heteroatoms. The molecule has 4 fully saturated rings. The number of aromatic nitrogens is 2. The summed E-state index contributed by atoms with van der Waals surface area (Å²) in [4.78, 5) is 21.1. The molecule has 0 amide bonds. The quantitative estimate of drug-likeness (QED) is 0.343. The van der Waals surface area contributed by atoms with Crippen LogP contribution >= 0.6 is 0 Å². The number of rotatable bonds is 7. The highest BCUT2D eigenvalue weighted by Gasteiger charge is 2.51. The van der Waals surface area contributed by atoms with Crippen molar-refractivity contribution in [1.82, 2.24) is 15.0 Å². The lowest BCUT2D eigenvalue weighted by atomic mass is 9.82. The van der Waals surface area contributed by atoms with Gasteiger partial charge in [0.1, 0.15) is 12.1 Å². The Balaban J connectivity index is 1.20. The van der Waals surface area contributed by atoms with Crippen LogP contribution in [0.15, 0.2) is 65.2 Å². The number of hydrogen-bond acceptors (Lipinski definition) is 6. The summed E-state index contributed by atoms with van der Waals surface area (Å²) in [5.74, 6) is 1.60. The SMILES string of the molecule is C[C@@](C(=O)O[C@H]1C[N+]2(Cc3nc(-c4ccccc4)no3)CCC1CC2)(c1ccccc1)N1CCCCC1. The predicted molar refractivity (Wildman–Crippen MR) is 140 cm³/mol. The van der Waals surface area contributed by atoms with Gasteiger partial charge in [-0.3, -0.25) is 4.90 Å². The first-order valence-corrected chi connectivity index (χ1v) is 13.8. The minimum absolute atomic E-state index is 0.0839.